The van der Waals surface area contributed by atoms with Crippen molar-refractivity contribution in [1.29, 1.82) is 0 Å². The van der Waals surface area contributed by atoms with Gasteiger partial charge in [0.25, 0.3) is 10.1 Å². The molecule has 0 amide bonds. The summed E-state index contributed by atoms with van der Waals surface area (Å²) in [4.78, 5) is 0. The Balaban J connectivity index is 2.65. The van der Waals surface area contributed by atoms with E-state index in [4.69, 9.17) is 10.3 Å². The first-order chi connectivity index (χ1) is 5.97. The van der Waals surface area contributed by atoms with Crippen LogP contribution in [0, 0.1) is 0 Å². The second kappa shape index (κ2) is 3.63. The standard InChI is InChI=1S/C7H10N2O3S/c8-6-2-1-3-7(4-6)9-5-13(10,11)12/h1-4,9H,5,8H2,(H,10,11,12). The third kappa shape index (κ3) is 3.77. The molecule has 0 saturated carbocycles. The van der Waals surface area contributed by atoms with Crippen molar-refractivity contribution in [3.8, 4) is 0 Å². The fourth-order valence-electron chi connectivity index (χ4n) is 0.823. The number of anilines is 2. The molecule has 0 heterocycles. The van der Waals surface area contributed by atoms with Gasteiger partial charge in [-0.3, -0.25) is 4.55 Å². The zero-order valence-electron chi connectivity index (χ0n) is 6.77. The molecule has 72 valence electrons. The monoisotopic (exact) mass is 202 g/mol. The van der Waals surface area contributed by atoms with E-state index in [0.717, 1.165) is 0 Å². The molecule has 0 spiro atoms. The fourth-order valence-corrected chi connectivity index (χ4v) is 1.17. The third-order valence-electron chi connectivity index (χ3n) is 1.35. The maximum Gasteiger partial charge on any atom is 0.283 e. The van der Waals surface area contributed by atoms with Crippen LogP contribution >= 0.6 is 0 Å². The Morgan fingerprint density at radius 3 is 2.69 bits per heavy atom. The van der Waals surface area contributed by atoms with Crippen LogP contribution in [0.15, 0.2) is 24.3 Å². The van der Waals surface area contributed by atoms with Gasteiger partial charge in [0.15, 0.2) is 0 Å². The summed E-state index contributed by atoms with van der Waals surface area (Å²) < 4.78 is 29.1. The second-order valence-corrected chi connectivity index (χ2v) is 3.98. The molecular weight excluding hydrogens is 192 g/mol. The molecule has 0 radical (unpaired) electrons. The van der Waals surface area contributed by atoms with Gasteiger partial charge in [-0.2, -0.15) is 8.42 Å². The minimum absolute atomic E-state index is 0.517. The summed E-state index contributed by atoms with van der Waals surface area (Å²) in [6.07, 6.45) is 0. The van der Waals surface area contributed by atoms with Crippen LogP contribution in [0.4, 0.5) is 11.4 Å². The molecule has 0 aliphatic carbocycles. The topological polar surface area (TPSA) is 92.4 Å². The number of hydrogen-bond acceptors (Lipinski definition) is 4. The van der Waals surface area contributed by atoms with Gasteiger partial charge in [0, 0.05) is 11.4 Å². The fraction of sp³-hybridized carbons (Fsp3) is 0.143. The Kier molecular flexibility index (Phi) is 2.74. The van der Waals surface area contributed by atoms with E-state index in [-0.39, 0.29) is 0 Å². The third-order valence-corrected chi connectivity index (χ3v) is 1.85. The molecule has 1 aromatic rings. The summed E-state index contributed by atoms with van der Waals surface area (Å²) >= 11 is 0. The van der Waals surface area contributed by atoms with Gasteiger partial charge in [-0.1, -0.05) is 6.07 Å². The summed E-state index contributed by atoms with van der Waals surface area (Å²) in [5.41, 5.74) is 6.53. The number of nitrogens with one attached hydrogen (secondary N) is 1. The van der Waals surface area contributed by atoms with Crippen LogP contribution in [-0.2, 0) is 10.1 Å². The van der Waals surface area contributed by atoms with E-state index in [1.807, 2.05) is 0 Å². The van der Waals surface area contributed by atoms with Gasteiger partial charge < -0.3 is 11.1 Å². The van der Waals surface area contributed by atoms with Crippen LogP contribution < -0.4 is 11.1 Å². The van der Waals surface area contributed by atoms with Gasteiger partial charge in [0.2, 0.25) is 0 Å². The number of nitrogens with two attached hydrogens (primary N) is 1. The molecule has 0 fully saturated rings. The van der Waals surface area contributed by atoms with Crippen LogP contribution in [0.25, 0.3) is 0 Å². The van der Waals surface area contributed by atoms with Crippen LogP contribution in [-0.4, -0.2) is 18.8 Å². The van der Waals surface area contributed by atoms with Crippen LogP contribution in [0.5, 0.6) is 0 Å². The van der Waals surface area contributed by atoms with Crippen molar-refractivity contribution in [2.45, 2.75) is 0 Å². The lowest BCUT2D eigenvalue weighted by Gasteiger charge is -2.03. The summed E-state index contributed by atoms with van der Waals surface area (Å²) in [5.74, 6) is -0.517. The van der Waals surface area contributed by atoms with Gasteiger partial charge in [-0.15, -0.1) is 0 Å². The molecule has 6 heteroatoms. The van der Waals surface area contributed by atoms with E-state index in [2.05, 4.69) is 5.32 Å². The van der Waals surface area contributed by atoms with Gasteiger partial charge in [-0.25, -0.2) is 0 Å². The predicted octanol–water partition coefficient (Wildman–Crippen LogP) is 0.526. The highest BCUT2D eigenvalue weighted by atomic mass is 32.2. The molecule has 0 atom stereocenters. The molecule has 1 rings (SSSR count). The zero-order chi connectivity index (χ0) is 9.90. The van der Waals surface area contributed by atoms with Gasteiger partial charge in [0.1, 0.15) is 5.88 Å². The molecule has 0 aromatic heterocycles. The lowest BCUT2D eigenvalue weighted by molar-refractivity contribution is 0.485. The quantitative estimate of drug-likeness (QED) is 0.491. The van der Waals surface area contributed by atoms with E-state index in [0.29, 0.717) is 11.4 Å². The zero-order valence-corrected chi connectivity index (χ0v) is 7.58. The molecule has 0 bridgehead atoms. The Hall–Kier alpha value is -1.27. The van der Waals surface area contributed by atoms with Crippen molar-refractivity contribution in [3.63, 3.8) is 0 Å². The smallest absolute Gasteiger partial charge is 0.283 e. The lowest BCUT2D eigenvalue weighted by Crippen LogP contribution is -2.12. The average molecular weight is 202 g/mol. The van der Waals surface area contributed by atoms with Crippen molar-refractivity contribution >= 4 is 21.5 Å². The number of hydrogen-bond donors (Lipinski definition) is 3. The van der Waals surface area contributed by atoms with E-state index in [9.17, 15) is 8.42 Å². The first-order valence-corrected chi connectivity index (χ1v) is 5.13. The number of benzene rings is 1. The van der Waals surface area contributed by atoms with E-state index < -0.39 is 16.0 Å². The molecule has 13 heavy (non-hydrogen) atoms. The van der Waals surface area contributed by atoms with Gasteiger partial charge in [0.05, 0.1) is 0 Å². The van der Waals surface area contributed by atoms with Gasteiger partial charge >= 0.3 is 0 Å². The molecule has 0 saturated heterocycles. The normalized spacial score (nSPS) is 11.2. The summed E-state index contributed by atoms with van der Waals surface area (Å²) in [7, 11) is -3.99. The lowest BCUT2D eigenvalue weighted by atomic mass is 10.3. The van der Waals surface area contributed by atoms with Crippen molar-refractivity contribution in [2.75, 3.05) is 16.9 Å². The molecule has 0 aliphatic heterocycles. The molecule has 0 unspecified atom stereocenters. The largest absolute Gasteiger partial charge is 0.399 e. The Morgan fingerprint density at radius 2 is 2.15 bits per heavy atom. The SMILES string of the molecule is Nc1cccc(NCS(=O)(=O)O)c1. The van der Waals surface area contributed by atoms with Crippen molar-refractivity contribution < 1.29 is 13.0 Å². The van der Waals surface area contributed by atoms with Crippen molar-refractivity contribution in [2.24, 2.45) is 0 Å². The molecule has 0 aliphatic rings. The molecule has 1 aromatic carbocycles. The number of nitrogen functional groups attached to an aromatic ring is 1. The highest BCUT2D eigenvalue weighted by molar-refractivity contribution is 7.85. The molecule has 5 nitrogen and oxygen atoms in total. The van der Waals surface area contributed by atoms with E-state index in [1.165, 1.54) is 0 Å². The first-order valence-electron chi connectivity index (χ1n) is 3.52. The highest BCUT2D eigenvalue weighted by Crippen LogP contribution is 2.11. The number of rotatable bonds is 3. The van der Waals surface area contributed by atoms with Crippen LogP contribution in [0.1, 0.15) is 0 Å². The summed E-state index contributed by atoms with van der Waals surface area (Å²) in [6, 6.07) is 6.59. The molecule has 4 N–H and O–H groups in total. The maximum atomic E-state index is 10.4. The van der Waals surface area contributed by atoms with Crippen molar-refractivity contribution in [3.05, 3.63) is 24.3 Å². The minimum atomic E-state index is -3.99. The second-order valence-electron chi connectivity index (χ2n) is 2.53. The maximum absolute atomic E-state index is 10.4. The van der Waals surface area contributed by atoms with Crippen molar-refractivity contribution in [1.82, 2.24) is 0 Å². The first kappa shape index (κ1) is 9.82. The van der Waals surface area contributed by atoms with E-state index >= 15 is 0 Å². The Bertz CT molecular complexity index is 388. The molecular formula is C7H10N2O3S. The summed E-state index contributed by atoms with van der Waals surface area (Å²) in [6.45, 7) is 0. The average Bonchev–Trinajstić information content (AvgIpc) is 2.00. The van der Waals surface area contributed by atoms with Crippen LogP contribution in [0.3, 0.4) is 0 Å². The predicted molar refractivity (Wildman–Crippen MR) is 50.9 cm³/mol. The Morgan fingerprint density at radius 1 is 1.46 bits per heavy atom. The van der Waals surface area contributed by atoms with Gasteiger partial charge in [-0.05, 0) is 18.2 Å². The highest BCUT2D eigenvalue weighted by Gasteiger charge is 2.02. The summed E-state index contributed by atoms with van der Waals surface area (Å²) in [5, 5.41) is 2.51. The minimum Gasteiger partial charge on any atom is -0.399 e. The Labute approximate surface area is 76.3 Å². The van der Waals surface area contributed by atoms with Crippen LogP contribution in [0.2, 0.25) is 0 Å². The van der Waals surface area contributed by atoms with E-state index in [1.54, 1.807) is 24.3 Å².